The van der Waals surface area contributed by atoms with Gasteiger partial charge in [-0.05, 0) is 37.6 Å². The van der Waals surface area contributed by atoms with Crippen LogP contribution in [0.15, 0.2) is 24.3 Å². The molecule has 0 heterocycles. The van der Waals surface area contributed by atoms with Crippen molar-refractivity contribution in [2.75, 3.05) is 27.3 Å². The average Bonchev–Trinajstić information content (AvgIpc) is 2.40. The third-order valence-electron chi connectivity index (χ3n) is 3.57. The number of benzene rings is 1. The Morgan fingerprint density at radius 1 is 1.15 bits per heavy atom. The second-order valence-corrected chi connectivity index (χ2v) is 6.01. The number of nitrogens with zero attached hydrogens (tertiary/aromatic N) is 1. The van der Waals surface area contributed by atoms with Gasteiger partial charge in [-0.15, -0.1) is 0 Å². The minimum Gasteiger partial charge on any atom is -0.383 e. The summed E-state index contributed by atoms with van der Waals surface area (Å²) in [5.74, 6) is 0.687. The summed E-state index contributed by atoms with van der Waals surface area (Å²) in [6, 6.07) is 9.11. The van der Waals surface area contributed by atoms with Gasteiger partial charge in [0, 0.05) is 26.2 Å². The molecule has 1 atom stereocenters. The van der Waals surface area contributed by atoms with Crippen LogP contribution in [0.4, 0.5) is 0 Å². The van der Waals surface area contributed by atoms with Crippen molar-refractivity contribution in [1.82, 2.24) is 10.2 Å². The van der Waals surface area contributed by atoms with Gasteiger partial charge in [-0.1, -0.05) is 38.1 Å². The molecule has 1 aromatic carbocycles. The molecule has 0 fully saturated rings. The molecule has 1 N–H and O–H groups in total. The summed E-state index contributed by atoms with van der Waals surface area (Å²) in [4.78, 5) is 2.34. The van der Waals surface area contributed by atoms with Gasteiger partial charge in [0.05, 0.1) is 6.61 Å². The fourth-order valence-corrected chi connectivity index (χ4v) is 2.17. The average molecular weight is 278 g/mol. The van der Waals surface area contributed by atoms with Crippen LogP contribution in [-0.4, -0.2) is 38.3 Å². The highest BCUT2D eigenvalue weighted by Gasteiger charge is 2.11. The lowest BCUT2D eigenvalue weighted by Gasteiger charge is -2.25. The highest BCUT2D eigenvalue weighted by molar-refractivity contribution is 5.27. The molecule has 20 heavy (non-hydrogen) atoms. The maximum Gasteiger partial charge on any atom is 0.0615 e. The zero-order valence-corrected chi connectivity index (χ0v) is 13.6. The fourth-order valence-electron chi connectivity index (χ4n) is 2.17. The minimum absolute atomic E-state index is 0.427. The van der Waals surface area contributed by atoms with E-state index in [1.54, 1.807) is 7.11 Å². The normalized spacial score (nSPS) is 13.2. The Hall–Kier alpha value is -0.900. The predicted molar refractivity (Wildman–Crippen MR) is 85.8 cm³/mol. The summed E-state index contributed by atoms with van der Waals surface area (Å²) in [5, 5.41) is 3.53. The van der Waals surface area contributed by atoms with Gasteiger partial charge in [0.2, 0.25) is 0 Å². The number of rotatable bonds is 9. The van der Waals surface area contributed by atoms with Gasteiger partial charge in [0.15, 0.2) is 0 Å². The molecule has 0 spiro atoms. The molecule has 3 nitrogen and oxygen atoms in total. The summed E-state index contributed by atoms with van der Waals surface area (Å²) < 4.78 is 5.23. The molecule has 0 saturated carbocycles. The monoisotopic (exact) mass is 278 g/mol. The molecular formula is C17H30N2O. The number of methoxy groups -OCH3 is 1. The van der Waals surface area contributed by atoms with Gasteiger partial charge < -0.3 is 10.1 Å². The molecule has 0 amide bonds. The lowest BCUT2D eigenvalue weighted by Crippen LogP contribution is -2.32. The number of likely N-dealkylation sites (N-methyl/N-ethyl adjacent to an activating group) is 1. The molecule has 114 valence electrons. The third kappa shape index (κ3) is 6.04. The summed E-state index contributed by atoms with van der Waals surface area (Å²) in [6.07, 6.45) is 0. The molecule has 0 aliphatic carbocycles. The van der Waals surface area contributed by atoms with Crippen molar-refractivity contribution in [2.45, 2.75) is 39.9 Å². The van der Waals surface area contributed by atoms with Crippen LogP contribution in [0, 0.1) is 5.92 Å². The van der Waals surface area contributed by atoms with E-state index >= 15 is 0 Å². The van der Waals surface area contributed by atoms with Crippen molar-refractivity contribution in [3.63, 3.8) is 0 Å². The number of hydrogen-bond donors (Lipinski definition) is 1. The molecule has 3 heteroatoms. The molecule has 0 aromatic heterocycles. The van der Waals surface area contributed by atoms with E-state index in [2.05, 4.69) is 62.3 Å². The van der Waals surface area contributed by atoms with Crippen LogP contribution >= 0.6 is 0 Å². The molecule has 0 saturated heterocycles. The van der Waals surface area contributed by atoms with E-state index in [0.717, 1.165) is 26.2 Å². The van der Waals surface area contributed by atoms with Crippen molar-refractivity contribution in [3.05, 3.63) is 35.4 Å². The number of nitrogens with one attached hydrogen (secondary N) is 1. The Morgan fingerprint density at radius 2 is 1.80 bits per heavy atom. The van der Waals surface area contributed by atoms with Crippen LogP contribution < -0.4 is 5.32 Å². The first kappa shape index (κ1) is 17.2. The molecule has 0 radical (unpaired) electrons. The first-order valence-electron chi connectivity index (χ1n) is 7.51. The van der Waals surface area contributed by atoms with Gasteiger partial charge in [-0.25, -0.2) is 0 Å². The van der Waals surface area contributed by atoms with Crippen LogP contribution in [-0.2, 0) is 17.8 Å². The third-order valence-corrected chi connectivity index (χ3v) is 3.57. The van der Waals surface area contributed by atoms with E-state index in [0.29, 0.717) is 12.0 Å². The minimum atomic E-state index is 0.427. The smallest absolute Gasteiger partial charge is 0.0615 e. The lowest BCUT2D eigenvalue weighted by atomic mass is 10.1. The highest BCUT2D eigenvalue weighted by atomic mass is 16.5. The molecule has 1 aromatic rings. The van der Waals surface area contributed by atoms with Crippen LogP contribution in [0.1, 0.15) is 31.9 Å². The van der Waals surface area contributed by atoms with Crippen LogP contribution in [0.25, 0.3) is 0 Å². The van der Waals surface area contributed by atoms with Crippen molar-refractivity contribution in [2.24, 2.45) is 5.92 Å². The molecule has 0 bridgehead atoms. The Bertz CT molecular complexity index is 379. The van der Waals surface area contributed by atoms with E-state index < -0.39 is 0 Å². The molecule has 1 unspecified atom stereocenters. The quantitative estimate of drug-likeness (QED) is 0.751. The molecule has 1 rings (SSSR count). The van der Waals surface area contributed by atoms with E-state index in [4.69, 9.17) is 4.74 Å². The second-order valence-electron chi connectivity index (χ2n) is 6.01. The van der Waals surface area contributed by atoms with E-state index in [9.17, 15) is 0 Å². The zero-order valence-electron chi connectivity index (χ0n) is 13.6. The summed E-state index contributed by atoms with van der Waals surface area (Å²) >= 11 is 0. The Kier molecular flexibility index (Phi) is 7.82. The maximum absolute atomic E-state index is 5.23. The van der Waals surface area contributed by atoms with E-state index in [-0.39, 0.29) is 0 Å². The van der Waals surface area contributed by atoms with Crippen molar-refractivity contribution in [1.29, 1.82) is 0 Å². The molecular weight excluding hydrogens is 248 g/mol. The number of hydrogen-bond acceptors (Lipinski definition) is 3. The zero-order chi connectivity index (χ0) is 15.0. The van der Waals surface area contributed by atoms with Gasteiger partial charge in [0.25, 0.3) is 0 Å². The van der Waals surface area contributed by atoms with Gasteiger partial charge >= 0.3 is 0 Å². The van der Waals surface area contributed by atoms with Crippen LogP contribution in [0.5, 0.6) is 0 Å². The maximum atomic E-state index is 5.23. The van der Waals surface area contributed by atoms with Crippen molar-refractivity contribution < 1.29 is 4.74 Å². The van der Waals surface area contributed by atoms with E-state index in [1.807, 2.05) is 0 Å². The first-order valence-corrected chi connectivity index (χ1v) is 7.51. The van der Waals surface area contributed by atoms with Gasteiger partial charge in [0.1, 0.15) is 0 Å². The Labute approximate surface area is 124 Å². The standard InChI is InChI=1S/C17H30N2O/c1-14(2)10-18-11-16-8-6-7-9-17(16)12-19(4)15(3)13-20-5/h6-9,14-15,18H,10-13H2,1-5H3. The van der Waals surface area contributed by atoms with Gasteiger partial charge in [-0.2, -0.15) is 0 Å². The lowest BCUT2D eigenvalue weighted by molar-refractivity contribution is 0.112. The Morgan fingerprint density at radius 3 is 2.40 bits per heavy atom. The highest BCUT2D eigenvalue weighted by Crippen LogP contribution is 2.13. The Balaban J connectivity index is 2.60. The SMILES string of the molecule is COCC(C)N(C)Cc1ccccc1CNCC(C)C. The van der Waals surface area contributed by atoms with Crippen molar-refractivity contribution in [3.8, 4) is 0 Å². The fraction of sp³-hybridized carbons (Fsp3) is 0.647. The largest absolute Gasteiger partial charge is 0.383 e. The summed E-state index contributed by atoms with van der Waals surface area (Å²) in [6.45, 7) is 10.4. The topological polar surface area (TPSA) is 24.5 Å². The van der Waals surface area contributed by atoms with E-state index in [1.165, 1.54) is 11.1 Å². The van der Waals surface area contributed by atoms with Crippen LogP contribution in [0.2, 0.25) is 0 Å². The summed E-state index contributed by atoms with van der Waals surface area (Å²) in [5.41, 5.74) is 2.79. The molecule has 0 aliphatic rings. The second kappa shape index (κ2) is 9.11. The molecule has 0 aliphatic heterocycles. The predicted octanol–water partition coefficient (Wildman–Crippen LogP) is 2.90. The van der Waals surface area contributed by atoms with Crippen LogP contribution in [0.3, 0.4) is 0 Å². The summed E-state index contributed by atoms with van der Waals surface area (Å²) in [7, 11) is 3.91. The van der Waals surface area contributed by atoms with Gasteiger partial charge in [-0.3, -0.25) is 4.90 Å². The number of ether oxygens (including phenoxy) is 1. The van der Waals surface area contributed by atoms with Crippen molar-refractivity contribution >= 4 is 0 Å². The first-order chi connectivity index (χ1) is 9.54.